The third-order valence-electron chi connectivity index (χ3n) is 4.01. The van der Waals surface area contributed by atoms with Gasteiger partial charge in [0.2, 0.25) is 0 Å². The molecule has 4 atom stereocenters. The lowest BCUT2D eigenvalue weighted by Crippen LogP contribution is -2.50. The van der Waals surface area contributed by atoms with E-state index in [4.69, 9.17) is 4.74 Å². The van der Waals surface area contributed by atoms with E-state index < -0.39 is 23.7 Å². The van der Waals surface area contributed by atoms with E-state index in [1.807, 2.05) is 6.07 Å². The van der Waals surface area contributed by atoms with Gasteiger partial charge in [0.05, 0.1) is 18.0 Å². The number of nitrogens with zero attached hydrogens (tertiary/aromatic N) is 1. The van der Waals surface area contributed by atoms with Crippen molar-refractivity contribution in [2.75, 3.05) is 5.75 Å². The molecule has 0 radical (unpaired) electrons. The molecule has 1 aromatic carbocycles. The lowest BCUT2D eigenvalue weighted by atomic mass is 10.1. The fraction of sp³-hybridized carbons (Fsp3) is 0.333. The summed E-state index contributed by atoms with van der Waals surface area (Å²) in [6, 6.07) is 10.7. The second kappa shape index (κ2) is 7.53. The molecule has 3 rings (SSSR count). The maximum Gasteiger partial charge on any atom is 0.173 e. The number of aromatic nitrogens is 1. The number of pyridine rings is 1. The van der Waals surface area contributed by atoms with Gasteiger partial charge >= 0.3 is 0 Å². The minimum Gasteiger partial charge on any atom is -0.475 e. The summed E-state index contributed by atoms with van der Waals surface area (Å²) in [6.07, 6.45) is -1.84. The van der Waals surface area contributed by atoms with E-state index >= 15 is 0 Å². The molecule has 1 saturated heterocycles. The number of aliphatic hydroxyl groups is 3. The van der Waals surface area contributed by atoms with Crippen molar-refractivity contribution >= 4 is 17.5 Å². The van der Waals surface area contributed by atoms with Gasteiger partial charge in [-0.25, -0.2) is 0 Å². The Labute approximate surface area is 149 Å². The normalized spacial score (nSPS) is 26.2. The molecular weight excluding hydrogens is 342 g/mol. The number of Topliss-reactive ketones (excluding diaryl/α,β-unsaturated/α-hetero) is 1. The summed E-state index contributed by atoms with van der Waals surface area (Å²) in [5, 5.41) is 29.2. The van der Waals surface area contributed by atoms with Crippen molar-refractivity contribution in [3.05, 3.63) is 48.2 Å². The molecule has 0 aliphatic carbocycles. The summed E-state index contributed by atoms with van der Waals surface area (Å²) in [6.45, 7) is 1.52. The summed E-state index contributed by atoms with van der Waals surface area (Å²) in [5.74, 6) is 0.726. The molecule has 1 aromatic heterocycles. The van der Waals surface area contributed by atoms with Crippen molar-refractivity contribution < 1.29 is 24.9 Å². The molecule has 6 nitrogen and oxygen atoms in total. The number of benzene rings is 1. The van der Waals surface area contributed by atoms with Crippen LogP contribution in [0.3, 0.4) is 0 Å². The van der Waals surface area contributed by atoms with E-state index in [0.29, 0.717) is 17.0 Å². The molecule has 0 saturated carbocycles. The Morgan fingerprint density at radius 3 is 2.68 bits per heavy atom. The SMILES string of the molecule is CC(=O)c1cccc(-c2ccc(O[C@@H]3SC[C@@H](O)[C@H](O)[C@H]3O)cn2)c1. The largest absolute Gasteiger partial charge is 0.475 e. The van der Waals surface area contributed by atoms with Crippen LogP contribution >= 0.6 is 11.8 Å². The van der Waals surface area contributed by atoms with Crippen molar-refractivity contribution in [3.63, 3.8) is 0 Å². The van der Waals surface area contributed by atoms with Crippen LogP contribution in [-0.4, -0.2) is 55.6 Å². The number of thioether (sulfide) groups is 1. The van der Waals surface area contributed by atoms with Crippen LogP contribution in [0.4, 0.5) is 0 Å². The van der Waals surface area contributed by atoms with Crippen LogP contribution in [0.1, 0.15) is 17.3 Å². The van der Waals surface area contributed by atoms with E-state index in [1.165, 1.54) is 24.9 Å². The van der Waals surface area contributed by atoms with Crippen molar-refractivity contribution in [2.24, 2.45) is 0 Å². The number of ketones is 1. The highest BCUT2D eigenvalue weighted by atomic mass is 32.2. The van der Waals surface area contributed by atoms with Gasteiger partial charge in [0.25, 0.3) is 0 Å². The van der Waals surface area contributed by atoms with E-state index in [0.717, 1.165) is 5.56 Å². The number of carbonyl (C=O) groups excluding carboxylic acids is 1. The number of carbonyl (C=O) groups is 1. The Morgan fingerprint density at radius 1 is 1.20 bits per heavy atom. The molecule has 2 aromatic rings. The first-order valence-electron chi connectivity index (χ1n) is 7.85. The van der Waals surface area contributed by atoms with Gasteiger partial charge in [-0.15, -0.1) is 11.8 Å². The van der Waals surface area contributed by atoms with Gasteiger partial charge in [-0.05, 0) is 25.1 Å². The molecule has 3 N–H and O–H groups in total. The molecule has 0 amide bonds. The predicted octanol–water partition coefficient (Wildman–Crippen LogP) is 1.49. The van der Waals surface area contributed by atoms with Gasteiger partial charge in [-0.3, -0.25) is 9.78 Å². The van der Waals surface area contributed by atoms with Gasteiger partial charge in [-0.1, -0.05) is 18.2 Å². The van der Waals surface area contributed by atoms with Crippen LogP contribution in [0.5, 0.6) is 5.75 Å². The highest BCUT2D eigenvalue weighted by Gasteiger charge is 2.38. The van der Waals surface area contributed by atoms with Crippen molar-refractivity contribution in [1.82, 2.24) is 4.98 Å². The average molecular weight is 361 g/mol. The number of hydrogen-bond acceptors (Lipinski definition) is 7. The summed E-state index contributed by atoms with van der Waals surface area (Å²) in [7, 11) is 0. The quantitative estimate of drug-likeness (QED) is 0.709. The van der Waals surface area contributed by atoms with Crippen molar-refractivity contribution in [1.29, 1.82) is 0 Å². The van der Waals surface area contributed by atoms with Crippen LogP contribution in [0.2, 0.25) is 0 Å². The molecular formula is C18H19NO5S. The maximum absolute atomic E-state index is 11.5. The predicted molar refractivity (Wildman–Crippen MR) is 94.6 cm³/mol. The maximum atomic E-state index is 11.5. The van der Waals surface area contributed by atoms with Crippen LogP contribution in [0, 0.1) is 0 Å². The second-order valence-corrected chi connectivity index (χ2v) is 7.02. The van der Waals surface area contributed by atoms with Gasteiger partial charge < -0.3 is 20.1 Å². The lowest BCUT2D eigenvalue weighted by Gasteiger charge is -2.34. The Morgan fingerprint density at radius 2 is 2.00 bits per heavy atom. The molecule has 132 valence electrons. The minimum atomic E-state index is -1.23. The van der Waals surface area contributed by atoms with Crippen molar-refractivity contribution in [3.8, 4) is 17.0 Å². The first-order valence-corrected chi connectivity index (χ1v) is 8.90. The summed E-state index contributed by atoms with van der Waals surface area (Å²) in [4.78, 5) is 15.8. The number of rotatable bonds is 4. The lowest BCUT2D eigenvalue weighted by molar-refractivity contribution is -0.0786. The Hall–Kier alpha value is -1.93. The summed E-state index contributed by atoms with van der Waals surface area (Å²) in [5.41, 5.74) is 1.47. The van der Waals surface area contributed by atoms with Gasteiger partial charge in [0.1, 0.15) is 18.0 Å². The van der Waals surface area contributed by atoms with Gasteiger partial charge in [-0.2, -0.15) is 0 Å². The zero-order chi connectivity index (χ0) is 18.0. The molecule has 1 aliphatic heterocycles. The molecule has 2 heterocycles. The Kier molecular flexibility index (Phi) is 5.39. The Bertz CT molecular complexity index is 751. The van der Waals surface area contributed by atoms with E-state index in [-0.39, 0.29) is 11.5 Å². The highest BCUT2D eigenvalue weighted by molar-refractivity contribution is 7.99. The standard InChI is InChI=1S/C18H19NO5S/c1-10(20)11-3-2-4-12(7-11)14-6-5-13(8-19-14)24-18-17(23)16(22)15(21)9-25-18/h2-8,15-18,21-23H,9H2,1H3/t15-,16+,17-,18-/m1/s1. The molecule has 25 heavy (non-hydrogen) atoms. The zero-order valence-corrected chi connectivity index (χ0v) is 14.4. The van der Waals surface area contributed by atoms with Gasteiger partial charge in [0, 0.05) is 16.9 Å². The monoisotopic (exact) mass is 361 g/mol. The van der Waals surface area contributed by atoms with E-state index in [1.54, 1.807) is 30.3 Å². The first-order chi connectivity index (χ1) is 12.0. The van der Waals surface area contributed by atoms with Crippen LogP contribution in [0.15, 0.2) is 42.6 Å². The molecule has 0 spiro atoms. The fourth-order valence-electron chi connectivity index (χ4n) is 2.54. The molecule has 7 heteroatoms. The molecule has 0 unspecified atom stereocenters. The molecule has 0 bridgehead atoms. The molecule has 1 fully saturated rings. The smallest absolute Gasteiger partial charge is 0.173 e. The first kappa shape index (κ1) is 17.9. The van der Waals surface area contributed by atoms with E-state index in [2.05, 4.69) is 4.98 Å². The summed E-state index contributed by atoms with van der Waals surface area (Å²) >= 11 is 1.24. The zero-order valence-electron chi connectivity index (χ0n) is 13.6. The third-order valence-corrected chi connectivity index (χ3v) is 5.25. The third kappa shape index (κ3) is 4.01. The Balaban J connectivity index is 1.72. The van der Waals surface area contributed by atoms with Gasteiger partial charge in [0.15, 0.2) is 11.2 Å². The minimum absolute atomic E-state index is 0.00846. The number of hydrogen-bond donors (Lipinski definition) is 3. The number of aliphatic hydroxyl groups excluding tert-OH is 3. The second-order valence-electron chi connectivity index (χ2n) is 5.88. The van der Waals surface area contributed by atoms with Crippen LogP contribution in [0.25, 0.3) is 11.3 Å². The van der Waals surface area contributed by atoms with Crippen molar-refractivity contribution in [2.45, 2.75) is 30.7 Å². The van der Waals surface area contributed by atoms with Crippen LogP contribution in [-0.2, 0) is 0 Å². The fourth-order valence-corrected chi connectivity index (χ4v) is 3.66. The topological polar surface area (TPSA) is 99.9 Å². The number of ether oxygens (including phenoxy) is 1. The average Bonchev–Trinajstić information content (AvgIpc) is 2.63. The summed E-state index contributed by atoms with van der Waals surface area (Å²) < 4.78 is 5.66. The highest BCUT2D eigenvalue weighted by Crippen LogP contribution is 2.29. The van der Waals surface area contributed by atoms with E-state index in [9.17, 15) is 20.1 Å². The molecule has 1 aliphatic rings. The van der Waals surface area contributed by atoms with Crippen LogP contribution < -0.4 is 4.74 Å².